The third-order valence-electron chi connectivity index (χ3n) is 5.49. The van der Waals surface area contributed by atoms with E-state index in [1.54, 1.807) is 0 Å². The molecular formula is C14H24O2. The highest BCUT2D eigenvalue weighted by Gasteiger charge is 2.61. The lowest BCUT2D eigenvalue weighted by Crippen LogP contribution is -2.46. The summed E-state index contributed by atoms with van der Waals surface area (Å²) in [5.41, 5.74) is -0.0264. The number of aliphatic hydroxyl groups excluding tert-OH is 1. The van der Waals surface area contributed by atoms with Gasteiger partial charge in [0.05, 0.1) is 5.60 Å². The molecule has 0 heterocycles. The lowest BCUT2D eigenvalue weighted by atomic mass is 9.73. The van der Waals surface area contributed by atoms with Crippen LogP contribution in [0.1, 0.15) is 46.5 Å². The number of rotatable bonds is 3. The molecule has 4 rings (SSSR count). The van der Waals surface area contributed by atoms with Gasteiger partial charge < -0.3 is 9.84 Å². The minimum atomic E-state index is -0.580. The summed E-state index contributed by atoms with van der Waals surface area (Å²) in [6.07, 6.45) is 4.89. The van der Waals surface area contributed by atoms with Crippen LogP contribution in [0.3, 0.4) is 0 Å². The second-order valence-corrected chi connectivity index (χ2v) is 6.81. The molecule has 4 fully saturated rings. The second kappa shape index (κ2) is 3.46. The molecule has 0 aliphatic heterocycles. The molecule has 2 heteroatoms. The molecule has 0 aromatic carbocycles. The molecule has 4 saturated carbocycles. The van der Waals surface area contributed by atoms with E-state index in [4.69, 9.17) is 4.74 Å². The maximum atomic E-state index is 9.98. The first-order chi connectivity index (χ1) is 7.50. The predicted octanol–water partition coefficient (Wildman–Crippen LogP) is 2.80. The first kappa shape index (κ1) is 11.0. The fourth-order valence-electron chi connectivity index (χ4n) is 4.61. The molecule has 0 radical (unpaired) electrons. The van der Waals surface area contributed by atoms with Gasteiger partial charge in [0, 0.05) is 5.92 Å². The van der Waals surface area contributed by atoms with Gasteiger partial charge in [-0.3, -0.25) is 0 Å². The molecule has 5 unspecified atom stereocenters. The van der Waals surface area contributed by atoms with Crippen molar-refractivity contribution in [1.82, 2.24) is 0 Å². The first-order valence-corrected chi connectivity index (χ1v) is 6.86. The minimum Gasteiger partial charge on any atom is -0.368 e. The molecule has 4 aliphatic rings. The Morgan fingerprint density at radius 3 is 2.56 bits per heavy atom. The summed E-state index contributed by atoms with van der Waals surface area (Å²) in [5.74, 6) is 3.51. The van der Waals surface area contributed by atoms with Gasteiger partial charge in [0.15, 0.2) is 6.29 Å². The summed E-state index contributed by atoms with van der Waals surface area (Å²) < 4.78 is 6.08. The lowest BCUT2D eigenvalue weighted by molar-refractivity contribution is -0.231. The Hall–Kier alpha value is -0.0800. The van der Waals surface area contributed by atoms with E-state index in [9.17, 15) is 5.11 Å². The van der Waals surface area contributed by atoms with Crippen LogP contribution < -0.4 is 0 Å². The van der Waals surface area contributed by atoms with E-state index in [1.807, 2.05) is 13.8 Å². The zero-order chi connectivity index (χ0) is 11.5. The zero-order valence-corrected chi connectivity index (χ0v) is 10.6. The van der Waals surface area contributed by atoms with E-state index in [1.165, 1.54) is 25.7 Å². The quantitative estimate of drug-likeness (QED) is 0.747. The number of ether oxygens (including phenoxy) is 1. The Morgan fingerprint density at radius 1 is 1.19 bits per heavy atom. The van der Waals surface area contributed by atoms with Gasteiger partial charge in [-0.15, -0.1) is 0 Å². The van der Waals surface area contributed by atoms with E-state index in [0.717, 1.165) is 17.8 Å². The van der Waals surface area contributed by atoms with Gasteiger partial charge in [0.25, 0.3) is 0 Å². The van der Waals surface area contributed by atoms with Crippen molar-refractivity contribution < 1.29 is 9.84 Å². The molecule has 16 heavy (non-hydrogen) atoms. The second-order valence-electron chi connectivity index (χ2n) is 6.81. The zero-order valence-electron chi connectivity index (χ0n) is 10.6. The summed E-state index contributed by atoms with van der Waals surface area (Å²) in [5, 5.41) is 9.98. The van der Waals surface area contributed by atoms with Crippen molar-refractivity contribution in [2.45, 2.75) is 58.3 Å². The van der Waals surface area contributed by atoms with Crippen molar-refractivity contribution in [3.63, 3.8) is 0 Å². The van der Waals surface area contributed by atoms with Gasteiger partial charge in [-0.1, -0.05) is 13.8 Å². The van der Waals surface area contributed by atoms with Crippen LogP contribution >= 0.6 is 0 Å². The number of hydrogen-bond acceptors (Lipinski definition) is 2. The first-order valence-electron chi connectivity index (χ1n) is 6.86. The summed E-state index contributed by atoms with van der Waals surface area (Å²) in [4.78, 5) is 0. The fraction of sp³-hybridized carbons (Fsp3) is 1.00. The van der Waals surface area contributed by atoms with E-state index in [2.05, 4.69) is 6.92 Å². The normalized spacial score (nSPS) is 51.6. The SMILES string of the molecule is CC(C)C(O)OC1(C)C2CC3CC1[C@@H](C3)C2. The van der Waals surface area contributed by atoms with Gasteiger partial charge in [0.2, 0.25) is 0 Å². The molecule has 0 aromatic rings. The number of aliphatic hydroxyl groups is 1. The third-order valence-corrected chi connectivity index (χ3v) is 5.49. The molecule has 4 aliphatic carbocycles. The summed E-state index contributed by atoms with van der Waals surface area (Å²) in [6, 6.07) is 0. The van der Waals surface area contributed by atoms with E-state index in [0.29, 0.717) is 5.92 Å². The Kier molecular flexibility index (Phi) is 2.38. The van der Waals surface area contributed by atoms with Crippen molar-refractivity contribution in [3.05, 3.63) is 0 Å². The smallest absolute Gasteiger partial charge is 0.157 e. The van der Waals surface area contributed by atoms with Crippen molar-refractivity contribution in [1.29, 1.82) is 0 Å². The largest absolute Gasteiger partial charge is 0.368 e. The standard InChI is InChI=1S/C14H24O2/c1-8(2)13(15)16-14(3)11-5-9-4-10(7-11)12(14)6-9/h8-13,15H,4-7H2,1-3H3/t9?,10-,11?,12?,13?,14?/m0/s1. The topological polar surface area (TPSA) is 29.5 Å². The van der Waals surface area contributed by atoms with Crippen molar-refractivity contribution in [2.24, 2.45) is 29.6 Å². The van der Waals surface area contributed by atoms with Gasteiger partial charge in [-0.25, -0.2) is 0 Å². The Balaban J connectivity index is 1.78. The average molecular weight is 224 g/mol. The molecule has 4 bridgehead atoms. The predicted molar refractivity (Wildman–Crippen MR) is 62.8 cm³/mol. The highest BCUT2D eigenvalue weighted by atomic mass is 16.6. The Labute approximate surface area is 98.4 Å². The summed E-state index contributed by atoms with van der Waals surface area (Å²) in [6.45, 7) is 6.31. The van der Waals surface area contributed by atoms with Crippen LogP contribution in [0.2, 0.25) is 0 Å². The van der Waals surface area contributed by atoms with Crippen LogP contribution in [-0.4, -0.2) is 17.0 Å². The monoisotopic (exact) mass is 224 g/mol. The molecule has 0 spiro atoms. The molecule has 2 nitrogen and oxygen atoms in total. The van der Waals surface area contributed by atoms with Gasteiger partial charge in [-0.2, -0.15) is 0 Å². The van der Waals surface area contributed by atoms with Crippen LogP contribution in [0.25, 0.3) is 0 Å². The Bertz CT molecular complexity index is 284. The summed E-state index contributed by atoms with van der Waals surface area (Å²) >= 11 is 0. The highest BCUT2D eigenvalue weighted by Crippen LogP contribution is 2.64. The van der Waals surface area contributed by atoms with Crippen molar-refractivity contribution in [3.8, 4) is 0 Å². The molecular weight excluding hydrogens is 200 g/mol. The van der Waals surface area contributed by atoms with Crippen molar-refractivity contribution >= 4 is 0 Å². The maximum Gasteiger partial charge on any atom is 0.157 e. The minimum absolute atomic E-state index is 0.0264. The molecule has 6 atom stereocenters. The lowest BCUT2D eigenvalue weighted by Gasteiger charge is -2.43. The fourth-order valence-corrected chi connectivity index (χ4v) is 4.61. The third kappa shape index (κ3) is 1.39. The average Bonchev–Trinajstić information content (AvgIpc) is 2.60. The van der Waals surface area contributed by atoms with Crippen LogP contribution in [-0.2, 0) is 4.74 Å². The van der Waals surface area contributed by atoms with Crippen LogP contribution in [0, 0.1) is 29.6 Å². The van der Waals surface area contributed by atoms with Crippen molar-refractivity contribution in [2.75, 3.05) is 0 Å². The van der Waals surface area contributed by atoms with Gasteiger partial charge in [0.1, 0.15) is 0 Å². The van der Waals surface area contributed by atoms with E-state index in [-0.39, 0.29) is 11.5 Å². The molecule has 0 amide bonds. The molecule has 92 valence electrons. The van der Waals surface area contributed by atoms with Crippen LogP contribution in [0.15, 0.2) is 0 Å². The van der Waals surface area contributed by atoms with E-state index < -0.39 is 6.29 Å². The maximum absolute atomic E-state index is 9.98. The van der Waals surface area contributed by atoms with Crippen LogP contribution in [0.5, 0.6) is 0 Å². The summed E-state index contributed by atoms with van der Waals surface area (Å²) in [7, 11) is 0. The molecule has 1 N–H and O–H groups in total. The van der Waals surface area contributed by atoms with Gasteiger partial charge in [-0.05, 0) is 56.3 Å². The highest BCUT2D eigenvalue weighted by molar-refractivity contribution is 5.10. The molecule has 0 saturated heterocycles. The number of hydrogen-bond donors (Lipinski definition) is 1. The van der Waals surface area contributed by atoms with E-state index >= 15 is 0 Å². The van der Waals surface area contributed by atoms with Crippen LogP contribution in [0.4, 0.5) is 0 Å². The van der Waals surface area contributed by atoms with Gasteiger partial charge >= 0.3 is 0 Å². The molecule has 0 aromatic heterocycles. The Morgan fingerprint density at radius 2 is 1.94 bits per heavy atom.